The Balaban J connectivity index is 2.52. The monoisotopic (exact) mass is 432 g/mol. The zero-order valence-electron chi connectivity index (χ0n) is 17.3. The van der Waals surface area contributed by atoms with Gasteiger partial charge in [-0.25, -0.2) is 12.8 Å². The maximum atomic E-state index is 13.0. The van der Waals surface area contributed by atoms with Gasteiger partial charge < -0.3 is 18.9 Å². The molecule has 29 heavy (non-hydrogen) atoms. The summed E-state index contributed by atoms with van der Waals surface area (Å²) in [6, 6.07) is 5.74. The van der Waals surface area contributed by atoms with E-state index in [1.54, 1.807) is 20.8 Å². The highest BCUT2D eigenvalue weighted by molar-refractivity contribution is 7.91. The summed E-state index contributed by atoms with van der Waals surface area (Å²) < 4.78 is 57.9. The summed E-state index contributed by atoms with van der Waals surface area (Å²) in [7, 11) is -2.09. The Labute approximate surface area is 171 Å². The largest absolute Gasteiger partial charge is 0.489 e. The van der Waals surface area contributed by atoms with E-state index in [9.17, 15) is 17.6 Å². The minimum Gasteiger partial charge on any atom is -0.489 e. The Morgan fingerprint density at radius 3 is 2.31 bits per heavy atom. The molecule has 0 aliphatic heterocycles. The van der Waals surface area contributed by atoms with E-state index in [1.807, 2.05) is 0 Å². The van der Waals surface area contributed by atoms with Gasteiger partial charge in [-0.1, -0.05) is 0 Å². The van der Waals surface area contributed by atoms with Crippen molar-refractivity contribution in [3.63, 3.8) is 0 Å². The van der Waals surface area contributed by atoms with Gasteiger partial charge in [-0.2, -0.15) is 0 Å². The van der Waals surface area contributed by atoms with Gasteiger partial charge in [0.1, 0.15) is 18.0 Å². The van der Waals surface area contributed by atoms with Crippen LogP contribution in [0.3, 0.4) is 0 Å². The molecule has 164 valence electrons. The molecule has 0 N–H and O–H groups in total. The summed E-state index contributed by atoms with van der Waals surface area (Å²) in [6.45, 7) is 5.70. The average molecular weight is 433 g/mol. The first kappa shape index (κ1) is 25.1. The van der Waals surface area contributed by atoms with Crippen LogP contribution >= 0.6 is 0 Å². The van der Waals surface area contributed by atoms with Crippen LogP contribution in [0.5, 0.6) is 5.75 Å². The van der Waals surface area contributed by atoms with E-state index in [2.05, 4.69) is 0 Å². The Kier molecular flexibility index (Phi) is 10.3. The Hall–Kier alpha value is -1.97. The van der Waals surface area contributed by atoms with Crippen molar-refractivity contribution in [3.05, 3.63) is 36.2 Å². The van der Waals surface area contributed by atoms with Crippen LogP contribution in [0.2, 0.25) is 0 Å². The van der Waals surface area contributed by atoms with Crippen LogP contribution in [0.15, 0.2) is 41.1 Å². The number of methoxy groups -OCH3 is 1. The quantitative estimate of drug-likeness (QED) is 0.369. The lowest BCUT2D eigenvalue weighted by atomic mass is 10.1. The third-order valence-corrected chi connectivity index (χ3v) is 4.97. The first-order chi connectivity index (χ1) is 13.6. The average Bonchev–Trinajstić information content (AvgIpc) is 2.64. The van der Waals surface area contributed by atoms with Crippen molar-refractivity contribution >= 4 is 15.8 Å². The maximum Gasteiger partial charge on any atom is 0.306 e. The Bertz CT molecular complexity index is 765. The second-order valence-electron chi connectivity index (χ2n) is 7.25. The number of sulfone groups is 1. The lowest BCUT2D eigenvalue weighted by molar-refractivity contribution is -0.154. The second-order valence-corrected chi connectivity index (χ2v) is 9.18. The molecule has 0 radical (unpaired) electrons. The summed E-state index contributed by atoms with van der Waals surface area (Å²) in [6.07, 6.45) is 0.605. The fourth-order valence-electron chi connectivity index (χ4n) is 2.11. The molecule has 1 aromatic rings. The number of halogens is 1. The first-order valence-electron chi connectivity index (χ1n) is 9.09. The van der Waals surface area contributed by atoms with Crippen molar-refractivity contribution in [1.29, 1.82) is 0 Å². The fourth-order valence-corrected chi connectivity index (χ4v) is 3.14. The number of esters is 1. The van der Waals surface area contributed by atoms with Crippen LogP contribution in [0, 0.1) is 0 Å². The van der Waals surface area contributed by atoms with Crippen molar-refractivity contribution in [2.45, 2.75) is 44.1 Å². The summed E-state index contributed by atoms with van der Waals surface area (Å²) in [5.41, 5.74) is -0.302. The highest BCUT2D eigenvalue weighted by atomic mass is 32.2. The van der Waals surface area contributed by atoms with Crippen LogP contribution in [0.25, 0.3) is 0 Å². The normalized spacial score (nSPS) is 12.7. The third kappa shape index (κ3) is 10.4. The van der Waals surface area contributed by atoms with Crippen LogP contribution < -0.4 is 4.74 Å². The number of carbonyl (C=O) groups is 1. The molecule has 0 fully saturated rings. The molecule has 1 aromatic carbocycles. The minimum atomic E-state index is -3.58. The Morgan fingerprint density at radius 2 is 1.76 bits per heavy atom. The van der Waals surface area contributed by atoms with Crippen LogP contribution in [-0.2, 0) is 28.8 Å². The van der Waals surface area contributed by atoms with Crippen LogP contribution in [-0.4, -0.2) is 52.9 Å². The molecule has 0 saturated carbocycles. The molecule has 0 bridgehead atoms. The predicted molar refractivity (Wildman–Crippen MR) is 106 cm³/mol. The zero-order valence-corrected chi connectivity index (χ0v) is 18.1. The topological polar surface area (TPSA) is 88.1 Å². The fraction of sp³-hybridized carbons (Fsp3) is 0.550. The zero-order chi connectivity index (χ0) is 21.9. The number of hydrogen-bond donors (Lipinski definition) is 0. The van der Waals surface area contributed by atoms with Gasteiger partial charge >= 0.3 is 5.97 Å². The van der Waals surface area contributed by atoms with Crippen molar-refractivity contribution in [1.82, 2.24) is 0 Å². The molecule has 0 spiro atoms. The molecule has 9 heteroatoms. The van der Waals surface area contributed by atoms with Gasteiger partial charge in [-0.15, -0.1) is 0 Å². The van der Waals surface area contributed by atoms with Crippen molar-refractivity contribution < 1.29 is 36.6 Å². The molecule has 0 aliphatic rings. The summed E-state index contributed by atoms with van der Waals surface area (Å²) in [4.78, 5) is 11.8. The Morgan fingerprint density at radius 1 is 1.10 bits per heavy atom. The molecule has 0 aromatic heterocycles. The molecule has 0 unspecified atom stereocenters. The molecular weight excluding hydrogens is 403 g/mol. The highest BCUT2D eigenvalue weighted by Gasteiger charge is 2.17. The van der Waals surface area contributed by atoms with Gasteiger partial charge in [0, 0.05) is 13.5 Å². The molecule has 0 aliphatic carbocycles. The predicted octanol–water partition coefficient (Wildman–Crippen LogP) is 3.43. The summed E-state index contributed by atoms with van der Waals surface area (Å²) in [5.74, 6) is -0.490. The van der Waals surface area contributed by atoms with Gasteiger partial charge in [0.2, 0.25) is 9.84 Å². The van der Waals surface area contributed by atoms with Gasteiger partial charge in [0.25, 0.3) is 0 Å². The summed E-state index contributed by atoms with van der Waals surface area (Å²) in [5, 5.41) is 0. The highest BCUT2D eigenvalue weighted by Crippen LogP contribution is 2.19. The molecule has 7 nitrogen and oxygen atoms in total. The van der Waals surface area contributed by atoms with Gasteiger partial charge in [0.05, 0.1) is 24.4 Å². The number of hydrogen-bond acceptors (Lipinski definition) is 7. The van der Waals surface area contributed by atoms with Crippen molar-refractivity contribution in [3.8, 4) is 5.75 Å². The van der Waals surface area contributed by atoms with Crippen LogP contribution in [0.4, 0.5) is 4.39 Å². The van der Waals surface area contributed by atoms with Crippen LogP contribution in [0.1, 0.15) is 33.6 Å². The molecule has 0 saturated heterocycles. The molecule has 0 atom stereocenters. The van der Waals surface area contributed by atoms with E-state index in [1.165, 1.54) is 31.4 Å². The second kappa shape index (κ2) is 11.9. The van der Waals surface area contributed by atoms with E-state index in [4.69, 9.17) is 18.9 Å². The first-order valence-corrected chi connectivity index (χ1v) is 10.7. The lowest BCUT2D eigenvalue weighted by Crippen LogP contribution is -2.23. The van der Waals surface area contributed by atoms with Crippen molar-refractivity contribution in [2.24, 2.45) is 0 Å². The third-order valence-electron chi connectivity index (χ3n) is 3.50. The van der Waals surface area contributed by atoms with Gasteiger partial charge in [-0.05, 0) is 57.0 Å². The maximum absolute atomic E-state index is 13.0. The van der Waals surface area contributed by atoms with E-state index in [-0.39, 0.29) is 31.0 Å². The number of rotatable bonds is 12. The molecular formula is C20H29FO7S. The SMILES string of the molecule is COCCOCS(=O)(=O)c1ccc(OC/C(=C/F)CCC(=O)OC(C)(C)C)cc1. The minimum absolute atomic E-state index is 0.0383. The lowest BCUT2D eigenvalue weighted by Gasteiger charge is -2.19. The number of benzene rings is 1. The number of ether oxygens (including phenoxy) is 4. The van der Waals surface area contributed by atoms with E-state index in [0.717, 1.165) is 0 Å². The number of carbonyl (C=O) groups excluding carboxylic acids is 1. The molecule has 0 amide bonds. The standard InChI is InChI=1S/C20H29FO7S/c1-20(2,3)28-19(22)10-5-16(13-21)14-27-17-6-8-18(9-7-17)29(23,24)15-26-12-11-25-4/h6-9,13H,5,10-12,14-15H2,1-4H3/b16-13+. The molecule has 0 heterocycles. The van der Waals surface area contributed by atoms with E-state index in [0.29, 0.717) is 24.3 Å². The van der Waals surface area contributed by atoms with E-state index < -0.39 is 27.3 Å². The van der Waals surface area contributed by atoms with Gasteiger partial charge in [-0.3, -0.25) is 4.79 Å². The van der Waals surface area contributed by atoms with Crippen molar-refractivity contribution in [2.75, 3.05) is 32.9 Å². The smallest absolute Gasteiger partial charge is 0.306 e. The molecule has 1 rings (SSSR count). The van der Waals surface area contributed by atoms with E-state index >= 15 is 0 Å². The van der Waals surface area contributed by atoms with Gasteiger partial charge in [0.15, 0.2) is 5.94 Å². The summed E-state index contributed by atoms with van der Waals surface area (Å²) >= 11 is 0.